The van der Waals surface area contributed by atoms with E-state index in [-0.39, 0.29) is 0 Å². The average Bonchev–Trinajstić information content (AvgIpc) is 3.28. The van der Waals surface area contributed by atoms with Gasteiger partial charge < -0.3 is 9.32 Å². The molecule has 0 aliphatic carbocycles. The molecule has 0 radical (unpaired) electrons. The first kappa shape index (κ1) is 13.5. The molecule has 0 N–H and O–H groups in total. The Bertz CT molecular complexity index is 816. The standard InChI is InChI=1S/C16H13N3OS2/c1-3-12(20-6-1)9-19(10-13-4-2-7-21-13)16-15-14(5-8-22-15)17-11-18-16/h1-8,11H,9-10H2. The second-order valence-corrected chi connectivity index (χ2v) is 6.80. The van der Waals surface area contributed by atoms with Crippen LogP contribution in [0.15, 0.2) is 58.1 Å². The number of aromatic nitrogens is 2. The lowest BCUT2D eigenvalue weighted by atomic mass is 10.3. The number of nitrogens with zero attached hydrogens (tertiary/aromatic N) is 3. The first-order valence-electron chi connectivity index (χ1n) is 6.88. The summed E-state index contributed by atoms with van der Waals surface area (Å²) in [5.74, 6) is 1.89. The highest BCUT2D eigenvalue weighted by atomic mass is 32.1. The van der Waals surface area contributed by atoms with E-state index in [1.165, 1.54) is 4.88 Å². The fourth-order valence-electron chi connectivity index (χ4n) is 2.39. The summed E-state index contributed by atoms with van der Waals surface area (Å²) in [6.07, 6.45) is 3.34. The second-order valence-electron chi connectivity index (χ2n) is 4.85. The summed E-state index contributed by atoms with van der Waals surface area (Å²) in [5.41, 5.74) is 0.991. The van der Waals surface area contributed by atoms with Crippen LogP contribution in [0, 0.1) is 0 Å². The maximum Gasteiger partial charge on any atom is 0.150 e. The van der Waals surface area contributed by atoms with Crippen LogP contribution in [0.25, 0.3) is 10.2 Å². The maximum absolute atomic E-state index is 5.52. The van der Waals surface area contributed by atoms with Crippen LogP contribution in [-0.4, -0.2) is 9.97 Å². The molecule has 0 saturated heterocycles. The quantitative estimate of drug-likeness (QED) is 0.539. The smallest absolute Gasteiger partial charge is 0.150 e. The van der Waals surface area contributed by atoms with Crippen molar-refractivity contribution < 1.29 is 4.42 Å². The Balaban J connectivity index is 1.73. The molecule has 4 aromatic rings. The molecule has 0 bridgehead atoms. The van der Waals surface area contributed by atoms with Crippen molar-refractivity contribution >= 4 is 38.7 Å². The van der Waals surface area contributed by atoms with E-state index in [0.717, 1.165) is 28.3 Å². The number of thiophene rings is 2. The Morgan fingerprint density at radius 3 is 2.82 bits per heavy atom. The molecule has 6 heteroatoms. The largest absolute Gasteiger partial charge is 0.467 e. The zero-order chi connectivity index (χ0) is 14.8. The van der Waals surface area contributed by atoms with Gasteiger partial charge in [0.25, 0.3) is 0 Å². The molecule has 0 amide bonds. The Labute approximate surface area is 135 Å². The molecule has 0 saturated carbocycles. The average molecular weight is 327 g/mol. The van der Waals surface area contributed by atoms with Crippen molar-refractivity contribution in [3.63, 3.8) is 0 Å². The first-order valence-corrected chi connectivity index (χ1v) is 8.64. The SMILES string of the molecule is c1coc(CN(Cc2cccs2)c2ncnc3ccsc23)c1. The number of hydrogen-bond donors (Lipinski definition) is 0. The zero-order valence-electron chi connectivity index (χ0n) is 11.7. The van der Waals surface area contributed by atoms with E-state index in [9.17, 15) is 0 Å². The van der Waals surface area contributed by atoms with Gasteiger partial charge in [0.2, 0.25) is 0 Å². The highest BCUT2D eigenvalue weighted by Crippen LogP contribution is 2.30. The molecule has 4 nitrogen and oxygen atoms in total. The summed E-state index contributed by atoms with van der Waals surface area (Å²) in [7, 11) is 0. The van der Waals surface area contributed by atoms with Gasteiger partial charge in [0, 0.05) is 4.88 Å². The van der Waals surface area contributed by atoms with E-state index in [2.05, 4.69) is 37.8 Å². The monoisotopic (exact) mass is 327 g/mol. The van der Waals surface area contributed by atoms with Gasteiger partial charge in [0.05, 0.1) is 29.6 Å². The van der Waals surface area contributed by atoms with E-state index >= 15 is 0 Å². The molecule has 0 atom stereocenters. The van der Waals surface area contributed by atoms with Gasteiger partial charge in [-0.3, -0.25) is 0 Å². The van der Waals surface area contributed by atoms with Crippen molar-refractivity contribution in [3.8, 4) is 0 Å². The number of fused-ring (bicyclic) bond motifs is 1. The molecule has 0 unspecified atom stereocenters. The van der Waals surface area contributed by atoms with Crippen molar-refractivity contribution in [2.45, 2.75) is 13.1 Å². The van der Waals surface area contributed by atoms with Gasteiger partial charge in [0.15, 0.2) is 5.82 Å². The highest BCUT2D eigenvalue weighted by Gasteiger charge is 2.16. The normalized spacial score (nSPS) is 11.1. The molecule has 0 fully saturated rings. The molecule has 22 heavy (non-hydrogen) atoms. The summed E-state index contributed by atoms with van der Waals surface area (Å²) in [4.78, 5) is 12.4. The third-order valence-electron chi connectivity index (χ3n) is 3.38. The summed E-state index contributed by atoms with van der Waals surface area (Å²) in [6.45, 7) is 1.50. The van der Waals surface area contributed by atoms with Gasteiger partial charge >= 0.3 is 0 Å². The van der Waals surface area contributed by atoms with Gasteiger partial charge in [-0.25, -0.2) is 9.97 Å². The van der Waals surface area contributed by atoms with Crippen molar-refractivity contribution in [3.05, 3.63) is 64.3 Å². The lowest BCUT2D eigenvalue weighted by Crippen LogP contribution is -2.22. The predicted molar refractivity (Wildman–Crippen MR) is 90.3 cm³/mol. The first-order chi connectivity index (χ1) is 10.9. The summed E-state index contributed by atoms with van der Waals surface area (Å²) in [6, 6.07) is 10.2. The lowest BCUT2D eigenvalue weighted by Gasteiger charge is -2.22. The summed E-state index contributed by atoms with van der Waals surface area (Å²) < 4.78 is 6.64. The van der Waals surface area contributed by atoms with Gasteiger partial charge in [-0.05, 0) is 35.0 Å². The van der Waals surface area contributed by atoms with Crippen molar-refractivity contribution in [2.24, 2.45) is 0 Å². The van der Waals surface area contributed by atoms with Crippen LogP contribution in [0.5, 0.6) is 0 Å². The Hall–Kier alpha value is -2.18. The van der Waals surface area contributed by atoms with Crippen LogP contribution >= 0.6 is 22.7 Å². The van der Waals surface area contributed by atoms with E-state index in [0.29, 0.717) is 6.54 Å². The van der Waals surface area contributed by atoms with Crippen molar-refractivity contribution in [2.75, 3.05) is 4.90 Å². The third kappa shape index (κ3) is 2.63. The maximum atomic E-state index is 5.52. The second kappa shape index (κ2) is 5.90. The van der Waals surface area contributed by atoms with Gasteiger partial charge in [-0.15, -0.1) is 22.7 Å². The highest BCUT2D eigenvalue weighted by molar-refractivity contribution is 7.17. The third-order valence-corrected chi connectivity index (χ3v) is 5.14. The van der Waals surface area contributed by atoms with Crippen molar-refractivity contribution in [1.29, 1.82) is 0 Å². The van der Waals surface area contributed by atoms with E-state index in [1.807, 2.05) is 18.2 Å². The summed E-state index contributed by atoms with van der Waals surface area (Å²) >= 11 is 3.43. The van der Waals surface area contributed by atoms with Gasteiger partial charge in [-0.1, -0.05) is 6.07 Å². The lowest BCUT2D eigenvalue weighted by molar-refractivity contribution is 0.501. The number of anilines is 1. The molecular formula is C16H13N3OS2. The molecule has 0 aliphatic heterocycles. The molecule has 0 aromatic carbocycles. The molecule has 4 rings (SSSR count). The fraction of sp³-hybridized carbons (Fsp3) is 0.125. The van der Waals surface area contributed by atoms with Crippen LogP contribution in [0.2, 0.25) is 0 Å². The Kier molecular flexibility index (Phi) is 3.62. The topological polar surface area (TPSA) is 42.2 Å². The van der Waals surface area contributed by atoms with Crippen LogP contribution in [0.1, 0.15) is 10.6 Å². The van der Waals surface area contributed by atoms with E-state index < -0.39 is 0 Å². The zero-order valence-corrected chi connectivity index (χ0v) is 13.3. The predicted octanol–water partition coefficient (Wildman–Crippen LogP) is 4.55. The van der Waals surface area contributed by atoms with E-state index in [1.54, 1.807) is 35.3 Å². The fourth-order valence-corrected chi connectivity index (χ4v) is 3.97. The molecule has 4 aromatic heterocycles. The number of hydrogen-bond acceptors (Lipinski definition) is 6. The Morgan fingerprint density at radius 1 is 1.00 bits per heavy atom. The molecule has 4 heterocycles. The summed E-state index contributed by atoms with van der Waals surface area (Å²) in [5, 5.41) is 4.15. The molecular weight excluding hydrogens is 314 g/mol. The van der Waals surface area contributed by atoms with Crippen LogP contribution in [0.4, 0.5) is 5.82 Å². The Morgan fingerprint density at radius 2 is 2.00 bits per heavy atom. The van der Waals surface area contributed by atoms with Crippen molar-refractivity contribution in [1.82, 2.24) is 9.97 Å². The van der Waals surface area contributed by atoms with Gasteiger partial charge in [-0.2, -0.15) is 0 Å². The van der Waals surface area contributed by atoms with Crippen LogP contribution < -0.4 is 4.90 Å². The molecule has 0 aliphatic rings. The minimum absolute atomic E-state index is 0.689. The minimum Gasteiger partial charge on any atom is -0.467 e. The van der Waals surface area contributed by atoms with E-state index in [4.69, 9.17) is 4.42 Å². The van der Waals surface area contributed by atoms with Crippen LogP contribution in [0.3, 0.4) is 0 Å². The molecule has 0 spiro atoms. The van der Waals surface area contributed by atoms with Crippen LogP contribution in [-0.2, 0) is 13.1 Å². The number of furan rings is 1. The molecule has 110 valence electrons. The minimum atomic E-state index is 0.689. The number of rotatable bonds is 5. The van der Waals surface area contributed by atoms with Gasteiger partial charge in [0.1, 0.15) is 12.1 Å².